The Kier molecular flexibility index (Phi) is 4.42. The van der Waals surface area contributed by atoms with Crippen LogP contribution in [0.2, 0.25) is 0 Å². The molecule has 0 radical (unpaired) electrons. The minimum atomic E-state index is -4.32. The van der Waals surface area contributed by atoms with Gasteiger partial charge in [-0.1, -0.05) is 29.8 Å². The van der Waals surface area contributed by atoms with Crippen LogP contribution >= 0.6 is 0 Å². The second-order valence-corrected chi connectivity index (χ2v) is 6.93. The van der Waals surface area contributed by atoms with E-state index in [0.29, 0.717) is 11.1 Å². The van der Waals surface area contributed by atoms with Gasteiger partial charge in [0.1, 0.15) is 5.75 Å². The molecule has 122 valence electrons. The molecule has 2 rings (SSSR count). The van der Waals surface area contributed by atoms with E-state index in [1.54, 1.807) is 26.0 Å². The molecule has 0 aliphatic carbocycles. The molecule has 0 saturated heterocycles. The van der Waals surface area contributed by atoms with E-state index in [2.05, 4.69) is 0 Å². The Bertz CT molecular complexity index is 864. The van der Waals surface area contributed by atoms with E-state index < -0.39 is 25.6 Å². The first-order valence-corrected chi connectivity index (χ1v) is 8.30. The first-order valence-electron chi connectivity index (χ1n) is 6.90. The second-order valence-electron chi connectivity index (χ2n) is 5.45. The molecule has 0 aliphatic heterocycles. The summed E-state index contributed by atoms with van der Waals surface area (Å²) in [5.41, 5.74) is 2.06. The second kappa shape index (κ2) is 6.00. The maximum absolute atomic E-state index is 12.6. The van der Waals surface area contributed by atoms with Crippen LogP contribution in [0.5, 0.6) is 5.75 Å². The molecule has 0 saturated carbocycles. The summed E-state index contributed by atoms with van der Waals surface area (Å²) < 4.78 is 30.5. The predicted molar refractivity (Wildman–Crippen MR) is 86.3 cm³/mol. The van der Waals surface area contributed by atoms with Crippen molar-refractivity contribution in [2.24, 2.45) is 0 Å². The summed E-state index contributed by atoms with van der Waals surface area (Å²) in [4.78, 5) is 10.0. The van der Waals surface area contributed by atoms with E-state index in [1.807, 2.05) is 6.92 Å². The largest absolute Gasteiger partial charge is 0.378 e. The van der Waals surface area contributed by atoms with Crippen molar-refractivity contribution in [1.29, 1.82) is 0 Å². The predicted octanol–water partition coefficient (Wildman–Crippen LogP) is 3.60. The summed E-state index contributed by atoms with van der Waals surface area (Å²) in [6.45, 7) is 6.86. The number of nitro benzene ring substituents is 1. The lowest BCUT2D eigenvalue weighted by Crippen LogP contribution is -2.15. The van der Waals surface area contributed by atoms with Crippen molar-refractivity contribution in [2.75, 3.05) is 0 Å². The van der Waals surface area contributed by atoms with Gasteiger partial charge in [-0.25, -0.2) is 0 Å². The Morgan fingerprint density at radius 3 is 2.09 bits per heavy atom. The topological polar surface area (TPSA) is 86.5 Å². The zero-order chi connectivity index (χ0) is 17.4. The molecule has 0 aliphatic rings. The molecular weight excluding hydrogens is 318 g/mol. The molecule has 7 heteroatoms. The molecular formula is C16H17NO5S. The molecule has 0 aromatic heterocycles. The van der Waals surface area contributed by atoms with E-state index in [4.69, 9.17) is 4.18 Å². The van der Waals surface area contributed by atoms with Gasteiger partial charge in [0, 0.05) is 6.07 Å². The number of hydrogen-bond donors (Lipinski definition) is 0. The zero-order valence-electron chi connectivity index (χ0n) is 13.3. The minimum absolute atomic E-state index is 0.202. The van der Waals surface area contributed by atoms with E-state index >= 15 is 0 Å². The quantitative estimate of drug-likeness (QED) is 0.484. The van der Waals surface area contributed by atoms with Crippen LogP contribution in [0.25, 0.3) is 0 Å². The maximum atomic E-state index is 12.6. The van der Waals surface area contributed by atoms with Crippen molar-refractivity contribution in [2.45, 2.75) is 32.6 Å². The number of hydrogen-bond acceptors (Lipinski definition) is 5. The van der Waals surface area contributed by atoms with Gasteiger partial charge in [0.05, 0.1) is 4.92 Å². The standard InChI is InChI=1S/C16H17NO5S/c1-10-8-12(3)15(13(4)9-10)22-23(20,21)16-11(2)6-5-7-14(16)17(18)19/h5-9H,1-4H3. The van der Waals surface area contributed by atoms with Gasteiger partial charge in [-0.15, -0.1) is 0 Å². The molecule has 23 heavy (non-hydrogen) atoms. The highest BCUT2D eigenvalue weighted by atomic mass is 32.2. The first-order chi connectivity index (χ1) is 10.6. The Morgan fingerprint density at radius 1 is 1.00 bits per heavy atom. The van der Waals surface area contributed by atoms with Crippen molar-refractivity contribution in [3.63, 3.8) is 0 Å². The molecule has 2 aromatic carbocycles. The van der Waals surface area contributed by atoms with Crippen LogP contribution in [-0.2, 0) is 10.1 Å². The molecule has 0 spiro atoms. The Labute approximate surface area is 135 Å². The monoisotopic (exact) mass is 335 g/mol. The molecule has 6 nitrogen and oxygen atoms in total. The fraction of sp³-hybridized carbons (Fsp3) is 0.250. The number of benzene rings is 2. The summed E-state index contributed by atoms with van der Waals surface area (Å²) >= 11 is 0. The van der Waals surface area contributed by atoms with Gasteiger partial charge in [-0.2, -0.15) is 8.42 Å². The van der Waals surface area contributed by atoms with Crippen LogP contribution in [0, 0.1) is 37.8 Å². The summed E-state index contributed by atoms with van der Waals surface area (Å²) in [7, 11) is -4.32. The van der Waals surface area contributed by atoms with Crippen LogP contribution in [0.4, 0.5) is 5.69 Å². The third-order valence-electron chi connectivity index (χ3n) is 3.44. The molecule has 0 N–H and O–H groups in total. The van der Waals surface area contributed by atoms with Crippen LogP contribution in [0.3, 0.4) is 0 Å². The molecule has 0 bridgehead atoms. The Hall–Kier alpha value is -2.41. The van der Waals surface area contributed by atoms with Crippen LogP contribution < -0.4 is 4.18 Å². The lowest BCUT2D eigenvalue weighted by atomic mass is 10.1. The van der Waals surface area contributed by atoms with Gasteiger partial charge >= 0.3 is 10.1 Å². The van der Waals surface area contributed by atoms with Crippen molar-refractivity contribution in [1.82, 2.24) is 0 Å². The van der Waals surface area contributed by atoms with Crippen LogP contribution in [-0.4, -0.2) is 13.3 Å². The Balaban J connectivity index is 2.60. The highest BCUT2D eigenvalue weighted by Crippen LogP contribution is 2.32. The van der Waals surface area contributed by atoms with Gasteiger partial charge in [0.2, 0.25) is 0 Å². The summed E-state index contributed by atoms with van der Waals surface area (Å²) in [6, 6.07) is 7.68. The first kappa shape index (κ1) is 17.0. The molecule has 2 aromatic rings. The minimum Gasteiger partial charge on any atom is -0.378 e. The maximum Gasteiger partial charge on any atom is 0.346 e. The third-order valence-corrected chi connectivity index (χ3v) is 4.85. The van der Waals surface area contributed by atoms with Gasteiger partial charge < -0.3 is 4.18 Å². The lowest BCUT2D eigenvalue weighted by molar-refractivity contribution is -0.388. The average molecular weight is 335 g/mol. The number of aryl methyl sites for hydroxylation is 4. The number of nitrogens with zero attached hydrogens (tertiary/aromatic N) is 1. The van der Waals surface area contributed by atoms with Crippen molar-refractivity contribution in [3.8, 4) is 5.75 Å². The zero-order valence-corrected chi connectivity index (χ0v) is 14.1. The van der Waals surface area contributed by atoms with E-state index in [0.717, 1.165) is 11.6 Å². The highest BCUT2D eigenvalue weighted by molar-refractivity contribution is 7.87. The lowest BCUT2D eigenvalue weighted by Gasteiger charge is -2.14. The van der Waals surface area contributed by atoms with Crippen LogP contribution in [0.15, 0.2) is 35.2 Å². The number of rotatable bonds is 4. The Morgan fingerprint density at radius 2 is 1.57 bits per heavy atom. The van der Waals surface area contributed by atoms with Gasteiger partial charge in [0.15, 0.2) is 4.90 Å². The SMILES string of the molecule is Cc1cc(C)c(OS(=O)(=O)c2c(C)cccc2[N+](=O)[O-])c(C)c1. The van der Waals surface area contributed by atoms with Gasteiger partial charge in [0.25, 0.3) is 5.69 Å². The molecule has 0 unspecified atom stereocenters. The molecule has 0 amide bonds. The molecule has 0 atom stereocenters. The molecule has 0 heterocycles. The summed E-state index contributed by atoms with van der Waals surface area (Å²) in [6.07, 6.45) is 0. The van der Waals surface area contributed by atoms with E-state index in [1.165, 1.54) is 19.1 Å². The van der Waals surface area contributed by atoms with E-state index in [-0.39, 0.29) is 11.3 Å². The fourth-order valence-corrected chi connectivity index (χ4v) is 3.98. The van der Waals surface area contributed by atoms with Gasteiger partial charge in [-0.05, 0) is 44.4 Å². The van der Waals surface area contributed by atoms with Crippen molar-refractivity contribution in [3.05, 3.63) is 62.7 Å². The number of nitro groups is 1. The third kappa shape index (κ3) is 3.34. The average Bonchev–Trinajstić information content (AvgIpc) is 2.42. The normalized spacial score (nSPS) is 11.3. The summed E-state index contributed by atoms with van der Waals surface area (Å²) in [5.74, 6) is 0.202. The molecule has 0 fully saturated rings. The van der Waals surface area contributed by atoms with E-state index in [9.17, 15) is 18.5 Å². The smallest absolute Gasteiger partial charge is 0.346 e. The summed E-state index contributed by atoms with van der Waals surface area (Å²) in [5, 5.41) is 11.1. The van der Waals surface area contributed by atoms with Crippen molar-refractivity contribution < 1.29 is 17.5 Å². The van der Waals surface area contributed by atoms with Crippen molar-refractivity contribution >= 4 is 15.8 Å². The fourth-order valence-electron chi connectivity index (χ4n) is 2.56. The van der Waals surface area contributed by atoms with Gasteiger partial charge in [-0.3, -0.25) is 10.1 Å². The van der Waals surface area contributed by atoms with Crippen LogP contribution in [0.1, 0.15) is 22.3 Å². The highest BCUT2D eigenvalue weighted by Gasteiger charge is 2.30.